The van der Waals surface area contributed by atoms with Crippen molar-refractivity contribution in [2.45, 2.75) is 32.5 Å². The molecule has 0 spiro atoms. The minimum absolute atomic E-state index is 0. The molecule has 7 nitrogen and oxygen atoms in total. The van der Waals surface area contributed by atoms with E-state index >= 15 is 0 Å². The lowest BCUT2D eigenvalue weighted by Crippen LogP contribution is -2.53. The molecule has 0 aliphatic carbocycles. The summed E-state index contributed by atoms with van der Waals surface area (Å²) < 4.78 is 0. The van der Waals surface area contributed by atoms with Crippen LogP contribution in [0.15, 0.2) is 54.6 Å². The topological polar surface area (TPSA) is 125 Å². The van der Waals surface area contributed by atoms with Crippen LogP contribution in [0.2, 0.25) is 0 Å². The number of nitrogens with one attached hydrogen (secondary N) is 2. The van der Waals surface area contributed by atoms with Gasteiger partial charge in [0, 0.05) is 0 Å². The highest BCUT2D eigenvalue weighted by molar-refractivity contribution is 5.90. The summed E-state index contributed by atoms with van der Waals surface area (Å²) in [4.78, 5) is 23.7. The summed E-state index contributed by atoms with van der Waals surface area (Å²) in [5.41, 5.74) is 9.92. The van der Waals surface area contributed by atoms with Gasteiger partial charge in [-0.3, -0.25) is 14.8 Å². The summed E-state index contributed by atoms with van der Waals surface area (Å²) >= 11 is 0. The van der Waals surface area contributed by atoms with Gasteiger partial charge < -0.3 is 16.2 Å². The standard InChI is InChI=1S/C18H21N3O4.CH4/c1-11(22)16(18(24)21-25)20-17(23)15(19)14-9-7-13(8-10-14)12-5-3-2-4-6-12;/h2-11,15-16,22,25H,19H2,1H3,(H,20,23)(H,21,24);1H4/t11-,15-,16+;/m1./s1. The Hall–Kier alpha value is -2.74. The number of aliphatic hydroxyl groups excluding tert-OH is 1. The van der Waals surface area contributed by atoms with Crippen molar-refractivity contribution in [2.24, 2.45) is 5.73 Å². The van der Waals surface area contributed by atoms with Crippen LogP contribution in [0.5, 0.6) is 0 Å². The lowest BCUT2D eigenvalue weighted by molar-refractivity contribution is -0.137. The van der Waals surface area contributed by atoms with Crippen molar-refractivity contribution in [3.05, 3.63) is 60.2 Å². The Kier molecular flexibility index (Phi) is 7.92. The molecular formula is C19H25N3O4. The fourth-order valence-electron chi connectivity index (χ4n) is 2.38. The number of hydrogen-bond donors (Lipinski definition) is 5. The van der Waals surface area contributed by atoms with Crippen molar-refractivity contribution in [1.82, 2.24) is 10.8 Å². The average molecular weight is 359 g/mol. The van der Waals surface area contributed by atoms with Gasteiger partial charge in [0.2, 0.25) is 5.91 Å². The second-order valence-corrected chi connectivity index (χ2v) is 5.67. The maximum Gasteiger partial charge on any atom is 0.268 e. The molecule has 0 radical (unpaired) electrons. The molecule has 3 atom stereocenters. The zero-order valence-electron chi connectivity index (χ0n) is 13.7. The lowest BCUT2D eigenvalue weighted by atomic mass is 10.0. The van der Waals surface area contributed by atoms with E-state index in [1.54, 1.807) is 12.1 Å². The summed E-state index contributed by atoms with van der Waals surface area (Å²) in [7, 11) is 0. The zero-order valence-corrected chi connectivity index (χ0v) is 13.7. The Labute approximate surface area is 152 Å². The van der Waals surface area contributed by atoms with Gasteiger partial charge in [0.1, 0.15) is 12.1 Å². The highest BCUT2D eigenvalue weighted by atomic mass is 16.5. The number of carbonyl (C=O) groups is 2. The van der Waals surface area contributed by atoms with Crippen LogP contribution in [0.4, 0.5) is 0 Å². The monoisotopic (exact) mass is 359 g/mol. The highest BCUT2D eigenvalue weighted by Gasteiger charge is 2.28. The first-order valence-electron chi connectivity index (χ1n) is 7.77. The maximum absolute atomic E-state index is 12.2. The predicted molar refractivity (Wildman–Crippen MR) is 99.1 cm³/mol. The molecule has 2 amide bonds. The molecule has 0 fully saturated rings. The quantitative estimate of drug-likeness (QED) is 0.393. The second kappa shape index (κ2) is 9.67. The van der Waals surface area contributed by atoms with Gasteiger partial charge in [0.25, 0.3) is 5.91 Å². The van der Waals surface area contributed by atoms with Crippen molar-refractivity contribution in [3.8, 4) is 11.1 Å². The number of carbonyl (C=O) groups excluding carboxylic acids is 2. The average Bonchev–Trinajstić information content (AvgIpc) is 2.65. The van der Waals surface area contributed by atoms with Crippen LogP contribution in [-0.4, -0.2) is 34.3 Å². The number of benzene rings is 2. The van der Waals surface area contributed by atoms with Crippen molar-refractivity contribution in [2.75, 3.05) is 0 Å². The van der Waals surface area contributed by atoms with Crippen LogP contribution < -0.4 is 16.5 Å². The molecule has 0 unspecified atom stereocenters. The van der Waals surface area contributed by atoms with Gasteiger partial charge in [-0.25, -0.2) is 5.48 Å². The third-order valence-electron chi connectivity index (χ3n) is 3.83. The van der Waals surface area contributed by atoms with Crippen LogP contribution in [0, 0.1) is 0 Å². The van der Waals surface area contributed by atoms with E-state index in [-0.39, 0.29) is 7.43 Å². The molecule has 0 bridgehead atoms. The van der Waals surface area contributed by atoms with E-state index in [1.807, 2.05) is 42.5 Å². The minimum Gasteiger partial charge on any atom is -0.391 e. The third kappa shape index (κ3) is 5.13. The molecule has 0 heterocycles. The molecule has 26 heavy (non-hydrogen) atoms. The first kappa shape index (κ1) is 21.3. The lowest BCUT2D eigenvalue weighted by Gasteiger charge is -2.21. The summed E-state index contributed by atoms with van der Waals surface area (Å²) in [5, 5.41) is 20.5. The molecule has 7 heteroatoms. The number of rotatable bonds is 6. The largest absolute Gasteiger partial charge is 0.391 e. The fourth-order valence-corrected chi connectivity index (χ4v) is 2.38. The molecule has 0 aliphatic rings. The summed E-state index contributed by atoms with van der Waals surface area (Å²) in [6, 6.07) is 14.6. The number of hydrogen-bond acceptors (Lipinski definition) is 5. The molecule has 6 N–H and O–H groups in total. The van der Waals surface area contributed by atoms with Crippen LogP contribution in [-0.2, 0) is 9.59 Å². The van der Waals surface area contributed by atoms with Gasteiger partial charge in [-0.15, -0.1) is 0 Å². The molecule has 2 aromatic rings. The molecular weight excluding hydrogens is 334 g/mol. The summed E-state index contributed by atoms with van der Waals surface area (Å²) in [6.45, 7) is 1.32. The summed E-state index contributed by atoms with van der Waals surface area (Å²) in [5.74, 6) is -1.56. The van der Waals surface area contributed by atoms with Crippen LogP contribution in [0.1, 0.15) is 26.0 Å². The van der Waals surface area contributed by atoms with E-state index < -0.39 is 30.0 Å². The second-order valence-electron chi connectivity index (χ2n) is 5.67. The number of amides is 2. The van der Waals surface area contributed by atoms with E-state index in [0.717, 1.165) is 11.1 Å². The molecule has 0 aliphatic heterocycles. The predicted octanol–water partition coefficient (Wildman–Crippen LogP) is 1.36. The molecule has 2 rings (SSSR count). The Bertz CT molecular complexity index is 717. The van der Waals surface area contributed by atoms with E-state index in [2.05, 4.69) is 5.32 Å². The first-order chi connectivity index (χ1) is 11.9. The zero-order chi connectivity index (χ0) is 18.4. The van der Waals surface area contributed by atoms with E-state index in [4.69, 9.17) is 10.9 Å². The van der Waals surface area contributed by atoms with Crippen LogP contribution in [0.25, 0.3) is 11.1 Å². The maximum atomic E-state index is 12.2. The molecule has 0 aromatic heterocycles. The smallest absolute Gasteiger partial charge is 0.268 e. The number of hydroxylamine groups is 1. The Balaban J connectivity index is 0.00000338. The van der Waals surface area contributed by atoms with Gasteiger partial charge in [0.15, 0.2) is 0 Å². The molecule has 0 saturated heterocycles. The van der Waals surface area contributed by atoms with Crippen molar-refractivity contribution in [1.29, 1.82) is 0 Å². The number of nitrogens with two attached hydrogens (primary N) is 1. The fraction of sp³-hybridized carbons (Fsp3) is 0.263. The highest BCUT2D eigenvalue weighted by Crippen LogP contribution is 2.21. The van der Waals surface area contributed by atoms with Crippen LogP contribution >= 0.6 is 0 Å². The third-order valence-corrected chi connectivity index (χ3v) is 3.83. The van der Waals surface area contributed by atoms with Crippen molar-refractivity contribution < 1.29 is 19.9 Å². The van der Waals surface area contributed by atoms with E-state index in [9.17, 15) is 14.7 Å². The molecule has 140 valence electrons. The number of aliphatic hydroxyl groups is 1. The van der Waals surface area contributed by atoms with Crippen molar-refractivity contribution in [3.63, 3.8) is 0 Å². The van der Waals surface area contributed by atoms with Gasteiger partial charge in [-0.2, -0.15) is 0 Å². The van der Waals surface area contributed by atoms with Gasteiger partial charge >= 0.3 is 0 Å². The normalized spacial score (nSPS) is 13.7. The van der Waals surface area contributed by atoms with Gasteiger partial charge in [-0.1, -0.05) is 62.0 Å². The van der Waals surface area contributed by atoms with Gasteiger partial charge in [-0.05, 0) is 23.6 Å². The minimum atomic E-state index is -1.30. The summed E-state index contributed by atoms with van der Waals surface area (Å²) in [6.07, 6.45) is -1.19. The van der Waals surface area contributed by atoms with E-state index in [0.29, 0.717) is 5.56 Å². The first-order valence-corrected chi connectivity index (χ1v) is 7.77. The Morgan fingerprint density at radius 2 is 1.50 bits per heavy atom. The van der Waals surface area contributed by atoms with Gasteiger partial charge in [0.05, 0.1) is 6.10 Å². The molecule has 2 aromatic carbocycles. The SMILES string of the molecule is C.C[C@@H](O)[C@H](NC(=O)[C@H](N)c1ccc(-c2ccccc2)cc1)C(=O)NO. The van der Waals surface area contributed by atoms with Crippen LogP contribution in [0.3, 0.4) is 0 Å². The Morgan fingerprint density at radius 3 is 2.00 bits per heavy atom. The molecule has 0 saturated carbocycles. The van der Waals surface area contributed by atoms with Crippen molar-refractivity contribution >= 4 is 11.8 Å². The van der Waals surface area contributed by atoms with E-state index in [1.165, 1.54) is 12.4 Å². The Morgan fingerprint density at radius 1 is 0.962 bits per heavy atom.